The molecule has 1 amide bonds. The molecule has 4 rings (SSSR count). The smallest absolute Gasteiger partial charge is 0.341 e. The predicted molar refractivity (Wildman–Crippen MR) is 122 cm³/mol. The number of amides is 1. The largest absolute Gasteiger partial charge is 0.487 e. The molecular weight excluding hydrogens is 472 g/mol. The van der Waals surface area contributed by atoms with Crippen LogP contribution in [0.5, 0.6) is 5.75 Å². The lowest BCUT2D eigenvalue weighted by molar-refractivity contribution is 0.0527. The van der Waals surface area contributed by atoms with E-state index in [9.17, 15) is 18.0 Å². The van der Waals surface area contributed by atoms with E-state index >= 15 is 0 Å². The van der Waals surface area contributed by atoms with Crippen LogP contribution in [0.1, 0.15) is 43.8 Å². The third-order valence-electron chi connectivity index (χ3n) is 4.78. The Bertz CT molecular complexity index is 1250. The predicted octanol–water partition coefficient (Wildman–Crippen LogP) is 3.68. The van der Waals surface area contributed by atoms with Crippen molar-refractivity contribution in [2.75, 3.05) is 17.7 Å². The van der Waals surface area contributed by atoms with Crippen molar-refractivity contribution in [2.24, 2.45) is 0 Å². The lowest BCUT2D eigenvalue weighted by Crippen LogP contribution is -2.20. The van der Waals surface area contributed by atoms with Gasteiger partial charge in [0.05, 0.1) is 34.9 Å². The number of sulfone groups is 1. The summed E-state index contributed by atoms with van der Waals surface area (Å²) in [5, 5.41) is 4.94. The van der Waals surface area contributed by atoms with Gasteiger partial charge in [-0.2, -0.15) is 0 Å². The molecule has 0 saturated heterocycles. The lowest BCUT2D eigenvalue weighted by atomic mass is 10.1. The Morgan fingerprint density at radius 2 is 2.12 bits per heavy atom. The van der Waals surface area contributed by atoms with Gasteiger partial charge < -0.3 is 14.8 Å². The maximum Gasteiger partial charge on any atom is 0.341 e. The molecule has 1 aliphatic rings. The van der Waals surface area contributed by atoms with Crippen LogP contribution in [-0.4, -0.2) is 37.6 Å². The van der Waals surface area contributed by atoms with Crippen LogP contribution in [0.2, 0.25) is 0 Å². The maximum atomic E-state index is 12.9. The van der Waals surface area contributed by atoms with Gasteiger partial charge in [-0.25, -0.2) is 18.2 Å². The number of esters is 1. The van der Waals surface area contributed by atoms with Crippen LogP contribution in [0.15, 0.2) is 35.2 Å². The summed E-state index contributed by atoms with van der Waals surface area (Å²) in [7, 11) is -3.22. The minimum absolute atomic E-state index is 0.0328. The summed E-state index contributed by atoms with van der Waals surface area (Å²) in [6, 6.07) is 6.67. The average molecular weight is 493 g/mol. The topological polar surface area (TPSA) is 112 Å². The maximum absolute atomic E-state index is 12.9. The van der Waals surface area contributed by atoms with E-state index in [0.29, 0.717) is 26.8 Å². The van der Waals surface area contributed by atoms with Gasteiger partial charge in [0.25, 0.3) is 5.91 Å². The lowest BCUT2D eigenvalue weighted by Gasteiger charge is -2.13. The Hall–Kier alpha value is -2.76. The molecule has 3 aromatic rings. The quantitative estimate of drug-likeness (QED) is 0.501. The summed E-state index contributed by atoms with van der Waals surface area (Å²) in [4.78, 5) is 30.2. The van der Waals surface area contributed by atoms with Crippen LogP contribution < -0.4 is 10.1 Å². The number of anilines is 1. The minimum atomic E-state index is -3.22. The first-order chi connectivity index (χ1) is 15.4. The van der Waals surface area contributed by atoms with Gasteiger partial charge >= 0.3 is 5.97 Å². The van der Waals surface area contributed by atoms with Crippen molar-refractivity contribution in [3.05, 3.63) is 62.4 Å². The highest BCUT2D eigenvalue weighted by molar-refractivity contribution is 7.90. The average Bonchev–Trinajstić information content (AvgIpc) is 3.39. The zero-order valence-corrected chi connectivity index (χ0v) is 19.6. The van der Waals surface area contributed by atoms with E-state index in [1.165, 1.54) is 11.3 Å². The molecule has 168 valence electrons. The minimum Gasteiger partial charge on any atom is -0.487 e. The zero-order valence-electron chi connectivity index (χ0n) is 17.1. The fraction of sp³-hybridized carbons (Fsp3) is 0.286. The summed E-state index contributed by atoms with van der Waals surface area (Å²) >= 11 is 2.58. The molecule has 0 unspecified atom stereocenters. The second-order valence-electron chi connectivity index (χ2n) is 7.02. The molecule has 2 aromatic heterocycles. The number of fused-ring (bicyclic) bond motifs is 1. The molecule has 1 N–H and O–H groups in total. The van der Waals surface area contributed by atoms with Gasteiger partial charge in [-0.3, -0.25) is 4.79 Å². The van der Waals surface area contributed by atoms with Crippen molar-refractivity contribution in [2.45, 2.75) is 25.7 Å². The zero-order chi connectivity index (χ0) is 22.7. The van der Waals surface area contributed by atoms with E-state index < -0.39 is 21.7 Å². The number of thiophene rings is 1. The Balaban J connectivity index is 1.57. The van der Waals surface area contributed by atoms with Crippen LogP contribution in [0, 0.1) is 0 Å². The summed E-state index contributed by atoms with van der Waals surface area (Å²) in [6.07, 6.45) is 0.220. The highest BCUT2D eigenvalue weighted by atomic mass is 32.2. The van der Waals surface area contributed by atoms with Crippen LogP contribution >= 0.6 is 22.7 Å². The molecule has 32 heavy (non-hydrogen) atoms. The fourth-order valence-corrected chi connectivity index (χ4v) is 6.88. The number of thiazole rings is 1. The third kappa shape index (κ3) is 5.00. The van der Waals surface area contributed by atoms with Crippen LogP contribution in [0.4, 0.5) is 5.00 Å². The standard InChI is InChI=1S/C21H20N2O6S3/c1-2-28-21(25)18-16-6-7-32(26,27)11-17(16)31-20(18)23-19(24)13-4-3-5-15(8-13)29-9-14-10-30-12-22-14/h3-5,8,10,12H,2,6-7,9,11H2,1H3,(H,23,24). The number of rotatable bonds is 7. The summed E-state index contributed by atoms with van der Waals surface area (Å²) in [6.45, 7) is 2.15. The molecule has 11 heteroatoms. The first-order valence-electron chi connectivity index (χ1n) is 9.79. The number of ether oxygens (including phenoxy) is 2. The number of aromatic nitrogens is 1. The number of carbonyl (C=O) groups is 2. The third-order valence-corrected chi connectivity index (χ3v) is 8.30. The van der Waals surface area contributed by atoms with Gasteiger partial charge in [-0.05, 0) is 37.1 Å². The molecular formula is C21H20N2O6S3. The fourth-order valence-electron chi connectivity index (χ4n) is 3.30. The second kappa shape index (κ2) is 9.39. The molecule has 0 spiro atoms. The number of nitrogens with zero attached hydrogens (tertiary/aromatic N) is 1. The van der Waals surface area contributed by atoms with E-state index in [2.05, 4.69) is 10.3 Å². The van der Waals surface area contributed by atoms with E-state index in [1.807, 2.05) is 5.38 Å². The summed E-state index contributed by atoms with van der Waals surface area (Å²) in [5.74, 6) is -0.673. The number of hydrogen-bond acceptors (Lipinski definition) is 9. The normalized spacial score (nSPS) is 14.4. The SMILES string of the molecule is CCOC(=O)c1c(NC(=O)c2cccc(OCc3cscn3)c2)sc2c1CCS(=O)(=O)C2. The molecule has 0 fully saturated rings. The second-order valence-corrected chi connectivity index (χ2v) is 11.0. The van der Waals surface area contributed by atoms with Crippen molar-refractivity contribution >= 4 is 49.4 Å². The van der Waals surface area contributed by atoms with E-state index in [1.54, 1.807) is 36.7 Å². The Kier molecular flexibility index (Phi) is 6.58. The van der Waals surface area contributed by atoms with Gasteiger partial charge in [-0.1, -0.05) is 6.07 Å². The molecule has 1 aromatic carbocycles. The molecule has 0 atom stereocenters. The monoisotopic (exact) mass is 492 g/mol. The Morgan fingerprint density at radius 3 is 2.88 bits per heavy atom. The van der Waals surface area contributed by atoms with Crippen molar-refractivity contribution in [3.8, 4) is 5.75 Å². The Morgan fingerprint density at radius 1 is 1.28 bits per heavy atom. The number of nitrogens with one attached hydrogen (secondary N) is 1. The van der Waals surface area contributed by atoms with Crippen molar-refractivity contribution < 1.29 is 27.5 Å². The summed E-state index contributed by atoms with van der Waals surface area (Å²) in [5.41, 5.74) is 3.73. The molecule has 0 saturated carbocycles. The highest BCUT2D eigenvalue weighted by Crippen LogP contribution is 2.38. The molecule has 3 heterocycles. The number of carbonyl (C=O) groups excluding carboxylic acids is 2. The molecule has 8 nitrogen and oxygen atoms in total. The van der Waals surface area contributed by atoms with Crippen molar-refractivity contribution in [1.82, 2.24) is 4.98 Å². The van der Waals surface area contributed by atoms with Gasteiger partial charge in [0, 0.05) is 15.8 Å². The summed E-state index contributed by atoms with van der Waals surface area (Å²) < 4.78 is 34.9. The molecule has 0 bridgehead atoms. The van der Waals surface area contributed by atoms with E-state index in [0.717, 1.165) is 17.0 Å². The molecule has 0 radical (unpaired) electrons. The van der Waals surface area contributed by atoms with Crippen LogP contribution in [-0.2, 0) is 33.4 Å². The first kappa shape index (κ1) is 22.4. The van der Waals surface area contributed by atoms with Crippen molar-refractivity contribution in [3.63, 3.8) is 0 Å². The van der Waals surface area contributed by atoms with E-state index in [4.69, 9.17) is 9.47 Å². The Labute approximate surface area is 193 Å². The van der Waals surface area contributed by atoms with Gasteiger partial charge in [0.15, 0.2) is 9.84 Å². The highest BCUT2D eigenvalue weighted by Gasteiger charge is 2.32. The van der Waals surface area contributed by atoms with E-state index in [-0.39, 0.29) is 36.7 Å². The van der Waals surface area contributed by atoms with Gasteiger partial charge in [0.1, 0.15) is 17.4 Å². The van der Waals surface area contributed by atoms with Crippen molar-refractivity contribution in [1.29, 1.82) is 0 Å². The molecule has 0 aliphatic carbocycles. The van der Waals surface area contributed by atoms with Crippen LogP contribution in [0.3, 0.4) is 0 Å². The first-order valence-corrected chi connectivity index (χ1v) is 13.4. The number of benzene rings is 1. The molecule has 1 aliphatic heterocycles. The van der Waals surface area contributed by atoms with Crippen LogP contribution in [0.25, 0.3) is 0 Å². The number of hydrogen-bond donors (Lipinski definition) is 1. The van der Waals surface area contributed by atoms with Gasteiger partial charge in [0.2, 0.25) is 0 Å². The van der Waals surface area contributed by atoms with Gasteiger partial charge in [-0.15, -0.1) is 22.7 Å².